The average molecular weight is 389 g/mol. The smallest absolute Gasteiger partial charge is 0.228 e. The first-order valence-corrected chi connectivity index (χ1v) is 10.00. The monoisotopic (exact) mass is 389 g/mol. The van der Waals surface area contributed by atoms with Crippen LogP contribution in [-0.2, 0) is 19.6 Å². The summed E-state index contributed by atoms with van der Waals surface area (Å²) >= 11 is 0. The van der Waals surface area contributed by atoms with E-state index in [1.165, 1.54) is 0 Å². The molecule has 1 aliphatic carbocycles. The molecular formula is C22H31NO5. The maximum absolute atomic E-state index is 11.2. The van der Waals surface area contributed by atoms with Crippen LogP contribution >= 0.6 is 0 Å². The Labute approximate surface area is 167 Å². The van der Waals surface area contributed by atoms with Crippen LogP contribution in [0.25, 0.3) is 0 Å². The second-order valence-corrected chi connectivity index (χ2v) is 8.32. The molecule has 1 N–H and O–H groups in total. The first-order valence-electron chi connectivity index (χ1n) is 10.00. The van der Waals surface area contributed by atoms with Crippen molar-refractivity contribution < 1.29 is 24.1 Å². The zero-order valence-electron chi connectivity index (χ0n) is 17.4. The third-order valence-electron chi connectivity index (χ3n) is 7.06. The van der Waals surface area contributed by atoms with Crippen molar-refractivity contribution in [2.45, 2.75) is 43.9 Å². The molecule has 2 fully saturated rings. The van der Waals surface area contributed by atoms with Gasteiger partial charge in [0.25, 0.3) is 0 Å². The highest BCUT2D eigenvalue weighted by Gasteiger charge is 2.59. The Hall–Kier alpha value is -1.76. The average Bonchev–Trinajstić information content (AvgIpc) is 3.13. The fourth-order valence-corrected chi connectivity index (χ4v) is 5.55. The van der Waals surface area contributed by atoms with Gasteiger partial charge in [-0.3, -0.25) is 0 Å². The van der Waals surface area contributed by atoms with E-state index in [0.29, 0.717) is 25.4 Å². The zero-order valence-corrected chi connectivity index (χ0v) is 17.4. The first-order chi connectivity index (χ1) is 13.4. The van der Waals surface area contributed by atoms with Crippen LogP contribution in [0, 0.1) is 12.8 Å². The molecule has 3 atom stereocenters. The van der Waals surface area contributed by atoms with Crippen LogP contribution in [-0.4, -0.2) is 62.9 Å². The second kappa shape index (κ2) is 6.94. The molecule has 0 saturated carbocycles. The number of piperidine rings is 1. The molecule has 0 aromatic heterocycles. The molecule has 0 bridgehead atoms. The number of methoxy groups -OCH3 is 2. The first kappa shape index (κ1) is 19.6. The van der Waals surface area contributed by atoms with Gasteiger partial charge < -0.3 is 29.0 Å². The van der Waals surface area contributed by atoms with Gasteiger partial charge in [0.05, 0.1) is 27.4 Å². The summed E-state index contributed by atoms with van der Waals surface area (Å²) in [5, 5.41) is 11.2. The maximum Gasteiger partial charge on any atom is 0.228 e. The number of aryl methyl sites for hydroxylation is 1. The number of hydrogen-bond acceptors (Lipinski definition) is 6. The minimum atomic E-state index is -0.886. The van der Waals surface area contributed by atoms with E-state index < -0.39 is 5.79 Å². The fourth-order valence-electron chi connectivity index (χ4n) is 5.55. The molecule has 0 radical (unpaired) electrons. The van der Waals surface area contributed by atoms with Gasteiger partial charge in [-0.05, 0) is 51.6 Å². The molecule has 28 heavy (non-hydrogen) atoms. The highest BCUT2D eigenvalue weighted by Crippen LogP contribution is 2.58. The van der Waals surface area contributed by atoms with Gasteiger partial charge in [-0.15, -0.1) is 0 Å². The van der Waals surface area contributed by atoms with Crippen LogP contribution in [0.5, 0.6) is 11.5 Å². The molecule has 6 nitrogen and oxygen atoms in total. The molecular weight excluding hydrogens is 358 g/mol. The molecule has 1 aromatic carbocycles. The number of fused-ring (bicyclic) bond motifs is 1. The summed E-state index contributed by atoms with van der Waals surface area (Å²) in [5.41, 5.74) is 1.67. The van der Waals surface area contributed by atoms with E-state index in [0.717, 1.165) is 29.9 Å². The Morgan fingerprint density at radius 1 is 1.18 bits per heavy atom. The van der Waals surface area contributed by atoms with Crippen LogP contribution < -0.4 is 4.74 Å². The molecule has 1 aromatic rings. The van der Waals surface area contributed by atoms with Crippen molar-refractivity contribution in [2.75, 3.05) is 41.0 Å². The molecule has 2 heterocycles. The lowest BCUT2D eigenvalue weighted by atomic mass is 9.56. The number of hydrogen-bond donors (Lipinski definition) is 1. The molecule has 1 spiro atoms. The maximum atomic E-state index is 11.2. The lowest BCUT2D eigenvalue weighted by Gasteiger charge is -2.55. The molecule has 154 valence electrons. The summed E-state index contributed by atoms with van der Waals surface area (Å²) in [4.78, 5) is 2.37. The third-order valence-corrected chi connectivity index (χ3v) is 7.06. The number of phenolic OH excluding ortho intramolecular Hbond substituents is 1. The van der Waals surface area contributed by atoms with Gasteiger partial charge in [0.2, 0.25) is 5.79 Å². The summed E-state index contributed by atoms with van der Waals surface area (Å²) < 4.78 is 23.5. The number of benzene rings is 1. The lowest BCUT2D eigenvalue weighted by molar-refractivity contribution is -0.185. The number of phenols is 1. The van der Waals surface area contributed by atoms with Crippen molar-refractivity contribution in [1.29, 1.82) is 0 Å². The standard InChI is InChI=1S/C22H31NO5/c1-14-6-7-17(25-4)20(24)19(14)21-8-9-23(3)15(2)16(21)12-18(26-5)22(13-21)27-10-11-28-22/h6-7,12,15-16,24H,8-11,13H2,1-5H3. The predicted octanol–water partition coefficient (Wildman–Crippen LogP) is 2.96. The van der Waals surface area contributed by atoms with Gasteiger partial charge in [0.15, 0.2) is 17.3 Å². The molecule has 3 unspecified atom stereocenters. The highest BCUT2D eigenvalue weighted by molar-refractivity contribution is 5.55. The molecule has 0 amide bonds. The van der Waals surface area contributed by atoms with E-state index in [1.807, 2.05) is 12.1 Å². The minimum Gasteiger partial charge on any atom is -0.504 e. The number of likely N-dealkylation sites (tertiary alicyclic amines) is 1. The van der Waals surface area contributed by atoms with Gasteiger partial charge in [-0.2, -0.15) is 0 Å². The molecule has 6 heteroatoms. The number of ether oxygens (including phenoxy) is 4. The quantitative estimate of drug-likeness (QED) is 0.858. The SMILES string of the molecule is COC1=CC2C(C)N(C)CCC2(c2c(C)ccc(OC)c2O)CC12OCCO2. The van der Waals surface area contributed by atoms with Crippen LogP contribution in [0.4, 0.5) is 0 Å². The fraction of sp³-hybridized carbons (Fsp3) is 0.636. The number of nitrogens with zero attached hydrogens (tertiary/aromatic N) is 1. The Balaban J connectivity index is 1.96. The predicted molar refractivity (Wildman–Crippen MR) is 106 cm³/mol. The van der Waals surface area contributed by atoms with Crippen molar-refractivity contribution in [1.82, 2.24) is 4.90 Å². The van der Waals surface area contributed by atoms with Crippen LogP contribution in [0.15, 0.2) is 24.0 Å². The summed E-state index contributed by atoms with van der Waals surface area (Å²) in [6.45, 7) is 6.31. The third kappa shape index (κ3) is 2.65. The highest BCUT2D eigenvalue weighted by atomic mass is 16.8. The molecule has 2 aliphatic heterocycles. The van der Waals surface area contributed by atoms with Crippen LogP contribution in [0.1, 0.15) is 30.9 Å². The van der Waals surface area contributed by atoms with Crippen molar-refractivity contribution in [3.05, 3.63) is 35.1 Å². The van der Waals surface area contributed by atoms with Crippen molar-refractivity contribution >= 4 is 0 Å². The Morgan fingerprint density at radius 2 is 1.89 bits per heavy atom. The summed E-state index contributed by atoms with van der Waals surface area (Å²) in [6.07, 6.45) is 3.68. The van der Waals surface area contributed by atoms with Gasteiger partial charge in [0, 0.05) is 29.4 Å². The van der Waals surface area contributed by atoms with Crippen molar-refractivity contribution in [3.8, 4) is 11.5 Å². The largest absolute Gasteiger partial charge is 0.504 e. The van der Waals surface area contributed by atoms with E-state index in [4.69, 9.17) is 18.9 Å². The summed E-state index contributed by atoms with van der Waals surface area (Å²) in [7, 11) is 5.42. The minimum absolute atomic E-state index is 0.149. The summed E-state index contributed by atoms with van der Waals surface area (Å²) in [5.74, 6) is 0.739. The Morgan fingerprint density at radius 3 is 2.54 bits per heavy atom. The Bertz CT molecular complexity index is 785. The van der Waals surface area contributed by atoms with E-state index in [2.05, 4.69) is 31.9 Å². The van der Waals surface area contributed by atoms with Gasteiger partial charge in [0.1, 0.15) is 0 Å². The molecule has 3 aliphatic rings. The van der Waals surface area contributed by atoms with Crippen LogP contribution in [0.3, 0.4) is 0 Å². The summed E-state index contributed by atoms with van der Waals surface area (Å²) in [6, 6.07) is 4.14. The zero-order chi connectivity index (χ0) is 20.1. The topological polar surface area (TPSA) is 60.4 Å². The van der Waals surface area contributed by atoms with E-state index >= 15 is 0 Å². The normalized spacial score (nSPS) is 32.1. The number of aromatic hydroxyl groups is 1. The Kier molecular flexibility index (Phi) is 4.84. The van der Waals surface area contributed by atoms with Gasteiger partial charge in [-0.25, -0.2) is 0 Å². The molecule has 4 rings (SSSR count). The van der Waals surface area contributed by atoms with E-state index in [-0.39, 0.29) is 23.1 Å². The van der Waals surface area contributed by atoms with E-state index in [9.17, 15) is 5.11 Å². The molecule has 2 saturated heterocycles. The second-order valence-electron chi connectivity index (χ2n) is 8.32. The number of rotatable bonds is 3. The van der Waals surface area contributed by atoms with Crippen molar-refractivity contribution in [3.63, 3.8) is 0 Å². The van der Waals surface area contributed by atoms with Gasteiger partial charge >= 0.3 is 0 Å². The lowest BCUT2D eigenvalue weighted by Crippen LogP contribution is -2.59. The van der Waals surface area contributed by atoms with E-state index in [1.54, 1.807) is 14.2 Å². The van der Waals surface area contributed by atoms with Crippen molar-refractivity contribution in [2.24, 2.45) is 5.92 Å². The van der Waals surface area contributed by atoms with Gasteiger partial charge in [-0.1, -0.05) is 6.07 Å². The van der Waals surface area contributed by atoms with Crippen LogP contribution in [0.2, 0.25) is 0 Å².